The molecule has 0 unspecified atom stereocenters. The predicted octanol–water partition coefficient (Wildman–Crippen LogP) is 4.92. The molecule has 12 heteroatoms. The maximum absolute atomic E-state index is 12.7. The van der Waals surface area contributed by atoms with Crippen LogP contribution in [-0.2, 0) is 4.57 Å². The molecule has 0 aliphatic rings. The average molecular weight is 407 g/mol. The monoisotopic (exact) mass is 406 g/mol. The van der Waals surface area contributed by atoms with Crippen LogP contribution in [0.15, 0.2) is 48.5 Å². The third-order valence-electron chi connectivity index (χ3n) is 2.80. The Morgan fingerprint density at radius 2 is 1.12 bits per heavy atom. The van der Waals surface area contributed by atoms with Gasteiger partial charge in [-0.05, 0) is 24.3 Å². The van der Waals surface area contributed by atoms with Gasteiger partial charge in [0.25, 0.3) is 11.4 Å². The lowest BCUT2D eigenvalue weighted by Gasteiger charge is -2.20. The van der Waals surface area contributed by atoms with Crippen molar-refractivity contribution in [1.82, 2.24) is 0 Å². The minimum absolute atomic E-state index is 0.0119. The number of hydrogen-bond donors (Lipinski definition) is 0. The Labute approximate surface area is 150 Å². The standard InChI is InChI=1S/C13H9Cl2N2O7P/c14-13(15)25(22,23-11-5-1-9(2-6-11)16(18)19)24-12-7-3-10(4-8-12)17(20)21/h1-8,13H. The average Bonchev–Trinajstić information content (AvgIpc) is 2.55. The van der Waals surface area contributed by atoms with E-state index >= 15 is 0 Å². The van der Waals surface area contributed by atoms with Crippen molar-refractivity contribution in [2.45, 2.75) is 4.58 Å². The Morgan fingerprint density at radius 3 is 1.36 bits per heavy atom. The molecule has 2 aromatic carbocycles. The quantitative estimate of drug-likeness (QED) is 0.276. The first-order chi connectivity index (χ1) is 11.7. The van der Waals surface area contributed by atoms with Crippen LogP contribution in [0, 0.1) is 20.2 Å². The van der Waals surface area contributed by atoms with Gasteiger partial charge in [-0.15, -0.1) is 0 Å². The molecule has 0 aliphatic carbocycles. The van der Waals surface area contributed by atoms with E-state index in [1.54, 1.807) is 0 Å². The van der Waals surface area contributed by atoms with Gasteiger partial charge in [-0.1, -0.05) is 23.2 Å². The molecule has 25 heavy (non-hydrogen) atoms. The maximum atomic E-state index is 12.7. The van der Waals surface area contributed by atoms with Crippen LogP contribution in [0.1, 0.15) is 0 Å². The molecular formula is C13H9Cl2N2O7P. The smallest absolute Gasteiger partial charge is 0.414 e. The molecule has 0 saturated carbocycles. The summed E-state index contributed by atoms with van der Waals surface area (Å²) in [6, 6.07) is 9.40. The lowest BCUT2D eigenvalue weighted by atomic mass is 10.3. The Kier molecular flexibility index (Phi) is 5.84. The number of nitro groups is 2. The fourth-order valence-corrected chi connectivity index (χ4v) is 3.16. The van der Waals surface area contributed by atoms with Crippen molar-refractivity contribution in [3.63, 3.8) is 0 Å². The molecule has 0 saturated heterocycles. The van der Waals surface area contributed by atoms with E-state index in [1.165, 1.54) is 24.3 Å². The van der Waals surface area contributed by atoms with Gasteiger partial charge in [-0.3, -0.25) is 20.2 Å². The van der Waals surface area contributed by atoms with Crippen molar-refractivity contribution in [3.8, 4) is 11.5 Å². The molecule has 0 bridgehead atoms. The lowest BCUT2D eigenvalue weighted by molar-refractivity contribution is -0.385. The molecule has 0 aromatic heterocycles. The Hall–Kier alpha value is -2.35. The maximum Gasteiger partial charge on any atom is 0.463 e. The van der Waals surface area contributed by atoms with E-state index < -0.39 is 22.0 Å². The molecule has 0 heterocycles. The zero-order valence-electron chi connectivity index (χ0n) is 12.2. The van der Waals surface area contributed by atoms with Crippen molar-refractivity contribution in [3.05, 3.63) is 68.8 Å². The van der Waals surface area contributed by atoms with E-state index in [-0.39, 0.29) is 22.9 Å². The summed E-state index contributed by atoms with van der Waals surface area (Å²) in [6.45, 7) is 0. The first-order valence-corrected chi connectivity index (χ1v) is 8.96. The number of hydrogen-bond acceptors (Lipinski definition) is 7. The van der Waals surface area contributed by atoms with Crippen molar-refractivity contribution in [1.29, 1.82) is 0 Å². The van der Waals surface area contributed by atoms with E-state index in [0.717, 1.165) is 24.3 Å². The van der Waals surface area contributed by atoms with Gasteiger partial charge in [0, 0.05) is 24.3 Å². The fraction of sp³-hybridized carbons (Fsp3) is 0.0769. The van der Waals surface area contributed by atoms with Gasteiger partial charge in [0.2, 0.25) is 4.58 Å². The van der Waals surface area contributed by atoms with Crippen molar-refractivity contribution >= 4 is 42.2 Å². The van der Waals surface area contributed by atoms with Crippen LogP contribution < -0.4 is 9.05 Å². The van der Waals surface area contributed by atoms with Gasteiger partial charge in [-0.2, -0.15) is 0 Å². The highest BCUT2D eigenvalue weighted by atomic mass is 35.5. The minimum atomic E-state index is -4.12. The number of non-ortho nitro benzene ring substituents is 2. The summed E-state index contributed by atoms with van der Waals surface area (Å²) in [5.74, 6) is -0.0238. The highest BCUT2D eigenvalue weighted by molar-refractivity contribution is 7.59. The second-order valence-electron chi connectivity index (χ2n) is 4.50. The summed E-state index contributed by atoms with van der Waals surface area (Å²) in [6.07, 6.45) is 0. The summed E-state index contributed by atoms with van der Waals surface area (Å²) in [4.78, 5) is 20.0. The van der Waals surface area contributed by atoms with Gasteiger partial charge in [0.1, 0.15) is 11.5 Å². The highest BCUT2D eigenvalue weighted by Crippen LogP contribution is 2.56. The van der Waals surface area contributed by atoms with E-state index in [4.69, 9.17) is 32.2 Å². The molecule has 0 N–H and O–H groups in total. The Morgan fingerprint density at radius 1 is 0.800 bits per heavy atom. The largest absolute Gasteiger partial charge is 0.463 e. The van der Waals surface area contributed by atoms with Crippen LogP contribution in [-0.4, -0.2) is 14.4 Å². The summed E-state index contributed by atoms with van der Waals surface area (Å²) in [5, 5.41) is 21.2. The topological polar surface area (TPSA) is 122 Å². The van der Waals surface area contributed by atoms with E-state index in [9.17, 15) is 24.8 Å². The minimum Gasteiger partial charge on any atom is -0.414 e. The first-order valence-electron chi connectivity index (χ1n) is 6.47. The van der Waals surface area contributed by atoms with Crippen LogP contribution >= 0.6 is 30.8 Å². The van der Waals surface area contributed by atoms with E-state index in [1.807, 2.05) is 0 Å². The number of benzene rings is 2. The summed E-state index contributed by atoms with van der Waals surface area (Å²) < 4.78 is 21.5. The molecule has 9 nitrogen and oxygen atoms in total. The molecule has 0 atom stereocenters. The zero-order valence-corrected chi connectivity index (χ0v) is 14.6. The van der Waals surface area contributed by atoms with E-state index in [0.29, 0.717) is 0 Å². The summed E-state index contributed by atoms with van der Waals surface area (Å²) >= 11 is 11.4. The van der Waals surface area contributed by atoms with Gasteiger partial charge in [-0.25, -0.2) is 4.57 Å². The third-order valence-corrected chi connectivity index (χ3v) is 5.64. The summed E-state index contributed by atoms with van der Waals surface area (Å²) in [5.41, 5.74) is -0.376. The zero-order chi connectivity index (χ0) is 18.6. The molecule has 0 fully saturated rings. The molecule has 0 spiro atoms. The Bertz CT molecular complexity index is 764. The molecule has 2 rings (SSSR count). The van der Waals surface area contributed by atoms with Crippen LogP contribution in [0.5, 0.6) is 11.5 Å². The first kappa shape index (κ1) is 19.0. The predicted molar refractivity (Wildman–Crippen MR) is 90.5 cm³/mol. The number of alkyl halides is 2. The molecule has 0 aliphatic heterocycles. The Balaban J connectivity index is 2.21. The van der Waals surface area contributed by atoms with Crippen molar-refractivity contribution < 1.29 is 23.5 Å². The molecule has 0 amide bonds. The highest BCUT2D eigenvalue weighted by Gasteiger charge is 2.37. The van der Waals surface area contributed by atoms with Crippen LogP contribution in [0.3, 0.4) is 0 Å². The number of nitrogens with zero attached hydrogens (tertiary/aromatic N) is 2. The van der Waals surface area contributed by atoms with E-state index in [2.05, 4.69) is 0 Å². The van der Waals surface area contributed by atoms with Gasteiger partial charge >= 0.3 is 7.60 Å². The number of rotatable bonds is 7. The van der Waals surface area contributed by atoms with Crippen LogP contribution in [0.25, 0.3) is 0 Å². The number of nitro benzene ring substituents is 2. The second kappa shape index (κ2) is 7.69. The number of halogens is 2. The molecule has 0 radical (unpaired) electrons. The van der Waals surface area contributed by atoms with Gasteiger partial charge in [0.15, 0.2) is 0 Å². The fourth-order valence-electron chi connectivity index (χ4n) is 1.65. The molecule has 2 aromatic rings. The third kappa shape index (κ3) is 4.82. The van der Waals surface area contributed by atoms with Gasteiger partial charge in [0.05, 0.1) is 9.85 Å². The SMILES string of the molecule is O=[N+]([O-])c1ccc(OP(=O)(Oc2ccc([N+](=O)[O-])cc2)C(Cl)Cl)cc1. The second-order valence-corrected chi connectivity index (χ2v) is 8.17. The molecular weight excluding hydrogens is 398 g/mol. The van der Waals surface area contributed by atoms with Crippen molar-refractivity contribution in [2.24, 2.45) is 0 Å². The molecule has 132 valence electrons. The van der Waals surface area contributed by atoms with Crippen LogP contribution in [0.4, 0.5) is 11.4 Å². The van der Waals surface area contributed by atoms with Crippen molar-refractivity contribution in [2.75, 3.05) is 0 Å². The summed E-state index contributed by atoms with van der Waals surface area (Å²) in [7, 11) is -4.12. The lowest BCUT2D eigenvalue weighted by Crippen LogP contribution is -2.07. The van der Waals surface area contributed by atoms with Gasteiger partial charge < -0.3 is 9.05 Å². The normalized spacial score (nSPS) is 11.2. The van der Waals surface area contributed by atoms with Crippen LogP contribution in [0.2, 0.25) is 0 Å².